The number of hydrogen-bond acceptors (Lipinski definition) is 6. The Morgan fingerprint density at radius 2 is 2.06 bits per heavy atom. The van der Waals surface area contributed by atoms with E-state index in [1.807, 2.05) is 30.3 Å². The highest BCUT2D eigenvalue weighted by Gasteiger charge is 2.17. The molecule has 8 heteroatoms. The summed E-state index contributed by atoms with van der Waals surface area (Å²) in [6, 6.07) is 15.9. The van der Waals surface area contributed by atoms with Gasteiger partial charge in [0.2, 0.25) is 6.79 Å². The van der Waals surface area contributed by atoms with Crippen molar-refractivity contribution in [2.24, 2.45) is 0 Å². The molecule has 1 amide bonds. The molecule has 3 heterocycles. The summed E-state index contributed by atoms with van der Waals surface area (Å²) >= 11 is 1.46. The van der Waals surface area contributed by atoms with Crippen LogP contribution in [0.2, 0.25) is 0 Å². The Labute approximate surface area is 183 Å². The molecule has 31 heavy (non-hydrogen) atoms. The van der Waals surface area contributed by atoms with Gasteiger partial charge in [-0.3, -0.25) is 4.79 Å². The Morgan fingerprint density at radius 1 is 1.19 bits per heavy atom. The van der Waals surface area contributed by atoms with Crippen LogP contribution in [0, 0.1) is 0 Å². The number of rotatable bonds is 7. The number of carbonyl (C=O) groups is 1. The molecule has 0 saturated carbocycles. The highest BCUT2D eigenvalue weighted by Crippen LogP contribution is 2.33. The standard InChI is InChI=1S/C23H21N3O4S/c1-28-9-8-26-18-5-3-2-4-16(18)11-19(26)23-25-17(13-31-23)22(27)24-12-15-6-7-20-21(10-15)30-14-29-20/h2-7,10-11,13H,8-9,12,14H2,1H3,(H,24,27). The van der Waals surface area contributed by atoms with Crippen LogP contribution in [0.15, 0.2) is 53.9 Å². The largest absolute Gasteiger partial charge is 0.454 e. The highest BCUT2D eigenvalue weighted by molar-refractivity contribution is 7.13. The maximum atomic E-state index is 12.7. The van der Waals surface area contributed by atoms with Gasteiger partial charge in [-0.2, -0.15) is 0 Å². The third-order valence-electron chi connectivity index (χ3n) is 5.18. The second kappa shape index (κ2) is 8.41. The van der Waals surface area contributed by atoms with E-state index in [1.54, 1.807) is 12.5 Å². The van der Waals surface area contributed by atoms with Gasteiger partial charge in [0.25, 0.3) is 5.91 Å². The van der Waals surface area contributed by atoms with Gasteiger partial charge in [0.15, 0.2) is 11.5 Å². The van der Waals surface area contributed by atoms with Crippen LogP contribution in [-0.4, -0.2) is 36.0 Å². The third-order valence-corrected chi connectivity index (χ3v) is 6.04. The van der Waals surface area contributed by atoms with Crippen LogP contribution in [0.1, 0.15) is 16.1 Å². The number of ether oxygens (including phenoxy) is 3. The van der Waals surface area contributed by atoms with Crippen molar-refractivity contribution in [2.45, 2.75) is 13.1 Å². The van der Waals surface area contributed by atoms with Crippen molar-refractivity contribution in [1.29, 1.82) is 0 Å². The number of hydrogen-bond donors (Lipinski definition) is 1. The lowest BCUT2D eigenvalue weighted by atomic mass is 10.2. The number of para-hydroxylation sites is 1. The number of amides is 1. The zero-order valence-corrected chi connectivity index (χ0v) is 17.8. The van der Waals surface area contributed by atoms with Crippen LogP contribution in [0.5, 0.6) is 11.5 Å². The lowest BCUT2D eigenvalue weighted by Crippen LogP contribution is -2.23. The number of nitrogens with zero attached hydrogens (tertiary/aromatic N) is 2. The topological polar surface area (TPSA) is 74.6 Å². The summed E-state index contributed by atoms with van der Waals surface area (Å²) in [6.07, 6.45) is 0. The molecule has 0 unspecified atom stereocenters. The molecule has 0 fully saturated rings. The van der Waals surface area contributed by atoms with Gasteiger partial charge < -0.3 is 24.1 Å². The minimum atomic E-state index is -0.209. The fourth-order valence-corrected chi connectivity index (χ4v) is 4.45. The summed E-state index contributed by atoms with van der Waals surface area (Å²) in [5.74, 6) is 1.22. The van der Waals surface area contributed by atoms with Crippen LogP contribution in [-0.2, 0) is 17.8 Å². The molecule has 7 nitrogen and oxygen atoms in total. The molecule has 0 radical (unpaired) electrons. The van der Waals surface area contributed by atoms with Gasteiger partial charge in [0.1, 0.15) is 10.7 Å². The predicted octanol–water partition coefficient (Wildman–Crippen LogP) is 4.07. The minimum absolute atomic E-state index is 0.209. The summed E-state index contributed by atoms with van der Waals surface area (Å²) in [6.45, 7) is 1.93. The predicted molar refractivity (Wildman–Crippen MR) is 119 cm³/mol. The third kappa shape index (κ3) is 3.87. The van der Waals surface area contributed by atoms with Gasteiger partial charge in [-0.15, -0.1) is 11.3 Å². The number of benzene rings is 2. The lowest BCUT2D eigenvalue weighted by molar-refractivity contribution is 0.0946. The molecule has 4 aromatic rings. The van der Waals surface area contributed by atoms with Crippen molar-refractivity contribution < 1.29 is 19.0 Å². The first-order valence-electron chi connectivity index (χ1n) is 9.93. The van der Waals surface area contributed by atoms with Crippen LogP contribution in [0.4, 0.5) is 0 Å². The molecule has 158 valence electrons. The monoisotopic (exact) mass is 435 g/mol. The summed E-state index contributed by atoms with van der Waals surface area (Å²) < 4.78 is 18.2. The average Bonchev–Trinajstić information content (AvgIpc) is 3.53. The van der Waals surface area contributed by atoms with E-state index in [9.17, 15) is 4.79 Å². The molecular formula is C23H21N3O4S. The van der Waals surface area contributed by atoms with Crippen molar-refractivity contribution in [3.05, 3.63) is 65.2 Å². The molecule has 1 N–H and O–H groups in total. The SMILES string of the molecule is COCCn1c(-c2nc(C(=O)NCc3ccc4c(c3)OCO4)cs2)cc2ccccc21. The Hall–Kier alpha value is -3.36. The van der Waals surface area contributed by atoms with Crippen LogP contribution in [0.25, 0.3) is 21.6 Å². The van der Waals surface area contributed by atoms with E-state index in [2.05, 4.69) is 33.1 Å². The summed E-state index contributed by atoms with van der Waals surface area (Å²) in [7, 11) is 1.69. The van der Waals surface area contributed by atoms with E-state index in [1.165, 1.54) is 11.3 Å². The smallest absolute Gasteiger partial charge is 0.271 e. The van der Waals surface area contributed by atoms with Crippen LogP contribution < -0.4 is 14.8 Å². The van der Waals surface area contributed by atoms with Gasteiger partial charge in [-0.25, -0.2) is 4.98 Å². The second-order valence-electron chi connectivity index (χ2n) is 7.14. The van der Waals surface area contributed by atoms with E-state index in [-0.39, 0.29) is 12.7 Å². The first-order valence-corrected chi connectivity index (χ1v) is 10.8. The fourth-order valence-electron chi connectivity index (χ4n) is 3.63. The lowest BCUT2D eigenvalue weighted by Gasteiger charge is -2.08. The number of carbonyl (C=O) groups excluding carboxylic acids is 1. The molecule has 0 bridgehead atoms. The summed E-state index contributed by atoms with van der Waals surface area (Å²) in [5, 5.41) is 6.67. The summed E-state index contributed by atoms with van der Waals surface area (Å²) in [4.78, 5) is 17.3. The Kier molecular flexibility index (Phi) is 5.31. The van der Waals surface area contributed by atoms with Gasteiger partial charge in [0, 0.05) is 36.5 Å². The molecule has 0 saturated heterocycles. The average molecular weight is 436 g/mol. The van der Waals surface area contributed by atoms with Gasteiger partial charge >= 0.3 is 0 Å². The molecule has 1 aliphatic heterocycles. The van der Waals surface area contributed by atoms with Crippen molar-refractivity contribution in [3.63, 3.8) is 0 Å². The molecule has 0 atom stereocenters. The molecule has 5 rings (SSSR count). The zero-order chi connectivity index (χ0) is 21.2. The van der Waals surface area contributed by atoms with Crippen molar-refractivity contribution in [1.82, 2.24) is 14.9 Å². The van der Waals surface area contributed by atoms with E-state index in [0.29, 0.717) is 31.1 Å². The highest BCUT2D eigenvalue weighted by atomic mass is 32.1. The molecule has 2 aromatic heterocycles. The van der Waals surface area contributed by atoms with Gasteiger partial charge in [0.05, 0.1) is 12.3 Å². The number of nitrogens with one attached hydrogen (secondary N) is 1. The van der Waals surface area contributed by atoms with Gasteiger partial charge in [-0.05, 0) is 29.8 Å². The van der Waals surface area contributed by atoms with Crippen molar-refractivity contribution in [2.75, 3.05) is 20.5 Å². The molecule has 1 aliphatic rings. The normalized spacial score (nSPS) is 12.4. The van der Waals surface area contributed by atoms with Crippen molar-refractivity contribution >= 4 is 28.1 Å². The molecule has 0 aliphatic carbocycles. The maximum Gasteiger partial charge on any atom is 0.271 e. The van der Waals surface area contributed by atoms with Gasteiger partial charge in [-0.1, -0.05) is 24.3 Å². The number of thiazole rings is 1. The first kappa shape index (κ1) is 19.6. The second-order valence-corrected chi connectivity index (χ2v) is 8.00. The molecular weight excluding hydrogens is 414 g/mol. The Bertz CT molecular complexity index is 1250. The Morgan fingerprint density at radius 3 is 2.97 bits per heavy atom. The molecule has 0 spiro atoms. The summed E-state index contributed by atoms with van der Waals surface area (Å²) in [5.41, 5.74) is 3.45. The maximum absolute atomic E-state index is 12.7. The van der Waals surface area contributed by atoms with Crippen LogP contribution in [0.3, 0.4) is 0 Å². The number of fused-ring (bicyclic) bond motifs is 2. The van der Waals surface area contributed by atoms with E-state index >= 15 is 0 Å². The zero-order valence-electron chi connectivity index (χ0n) is 17.0. The van der Waals surface area contributed by atoms with E-state index in [0.717, 1.165) is 32.9 Å². The fraction of sp³-hybridized carbons (Fsp3) is 0.217. The van der Waals surface area contributed by atoms with Crippen LogP contribution >= 0.6 is 11.3 Å². The van der Waals surface area contributed by atoms with E-state index in [4.69, 9.17) is 14.2 Å². The minimum Gasteiger partial charge on any atom is -0.454 e. The molecule has 2 aromatic carbocycles. The van der Waals surface area contributed by atoms with E-state index < -0.39 is 0 Å². The number of aromatic nitrogens is 2. The van der Waals surface area contributed by atoms with Crippen molar-refractivity contribution in [3.8, 4) is 22.2 Å². The quantitative estimate of drug-likeness (QED) is 0.474. The number of methoxy groups -OCH3 is 1. The Balaban J connectivity index is 1.34. The first-order chi connectivity index (χ1) is 15.2.